The lowest BCUT2D eigenvalue weighted by Crippen LogP contribution is -2.15. The van der Waals surface area contributed by atoms with Crippen LogP contribution in [0, 0.1) is 0 Å². The normalized spacial score (nSPS) is 11.7. The SMILES string of the molecule is CC(C)(C)c1cncc(-n2ccnc2)n1. The van der Waals surface area contributed by atoms with Crippen LogP contribution in [-0.4, -0.2) is 19.5 Å². The summed E-state index contributed by atoms with van der Waals surface area (Å²) in [5.74, 6) is 0.805. The van der Waals surface area contributed by atoms with Crippen LogP contribution in [0.1, 0.15) is 26.5 Å². The Kier molecular flexibility index (Phi) is 2.26. The molecule has 0 bridgehead atoms. The minimum Gasteiger partial charge on any atom is -0.289 e. The fraction of sp³-hybridized carbons (Fsp3) is 0.364. The molecule has 4 nitrogen and oxygen atoms in total. The Balaban J connectivity index is 2.44. The van der Waals surface area contributed by atoms with Crippen LogP contribution < -0.4 is 0 Å². The molecule has 15 heavy (non-hydrogen) atoms. The summed E-state index contributed by atoms with van der Waals surface area (Å²) < 4.78 is 1.85. The minimum atomic E-state index is 0.0175. The van der Waals surface area contributed by atoms with Crippen LogP contribution in [0.5, 0.6) is 0 Å². The fourth-order valence-corrected chi connectivity index (χ4v) is 1.24. The molecule has 78 valence electrons. The number of aromatic nitrogens is 4. The van der Waals surface area contributed by atoms with E-state index in [-0.39, 0.29) is 5.41 Å². The molecular formula is C11H14N4. The van der Waals surface area contributed by atoms with Gasteiger partial charge in [-0.3, -0.25) is 9.55 Å². The molecule has 0 atom stereocenters. The summed E-state index contributed by atoms with van der Waals surface area (Å²) in [5.41, 5.74) is 0.998. The third-order valence-electron chi connectivity index (χ3n) is 2.16. The summed E-state index contributed by atoms with van der Waals surface area (Å²) in [6, 6.07) is 0. The molecule has 0 saturated carbocycles. The number of hydrogen-bond acceptors (Lipinski definition) is 3. The van der Waals surface area contributed by atoms with Gasteiger partial charge in [0, 0.05) is 24.0 Å². The van der Waals surface area contributed by atoms with E-state index in [0.717, 1.165) is 11.5 Å². The first-order valence-corrected chi connectivity index (χ1v) is 4.88. The summed E-state index contributed by atoms with van der Waals surface area (Å²) in [7, 11) is 0. The van der Waals surface area contributed by atoms with Crippen LogP contribution in [-0.2, 0) is 5.41 Å². The van der Waals surface area contributed by atoms with Crippen LogP contribution in [0.2, 0.25) is 0 Å². The van der Waals surface area contributed by atoms with Crippen molar-refractivity contribution in [3.05, 3.63) is 36.8 Å². The fourth-order valence-electron chi connectivity index (χ4n) is 1.24. The first-order valence-electron chi connectivity index (χ1n) is 4.88. The number of imidazole rings is 1. The average molecular weight is 202 g/mol. The summed E-state index contributed by atoms with van der Waals surface area (Å²) in [5, 5.41) is 0. The van der Waals surface area contributed by atoms with Crippen LogP contribution in [0.4, 0.5) is 0 Å². The van der Waals surface area contributed by atoms with Crippen molar-refractivity contribution in [2.24, 2.45) is 0 Å². The van der Waals surface area contributed by atoms with E-state index in [2.05, 4.69) is 35.7 Å². The molecule has 0 aromatic carbocycles. The van der Waals surface area contributed by atoms with Crippen LogP contribution in [0.25, 0.3) is 5.82 Å². The Morgan fingerprint density at radius 3 is 2.53 bits per heavy atom. The van der Waals surface area contributed by atoms with Crippen LogP contribution >= 0.6 is 0 Å². The van der Waals surface area contributed by atoms with Crippen molar-refractivity contribution in [1.29, 1.82) is 0 Å². The second kappa shape index (κ2) is 3.46. The van der Waals surface area contributed by atoms with Gasteiger partial charge in [-0.15, -0.1) is 0 Å². The van der Waals surface area contributed by atoms with Gasteiger partial charge in [-0.05, 0) is 0 Å². The molecule has 0 aliphatic rings. The van der Waals surface area contributed by atoms with Gasteiger partial charge in [0.1, 0.15) is 6.33 Å². The predicted molar refractivity (Wildman–Crippen MR) is 57.9 cm³/mol. The lowest BCUT2D eigenvalue weighted by Gasteiger charge is -2.17. The summed E-state index contributed by atoms with van der Waals surface area (Å²) >= 11 is 0. The van der Waals surface area contributed by atoms with Gasteiger partial charge in [-0.25, -0.2) is 9.97 Å². The van der Waals surface area contributed by atoms with Gasteiger partial charge in [0.15, 0.2) is 5.82 Å². The highest BCUT2D eigenvalue weighted by Crippen LogP contribution is 2.19. The maximum Gasteiger partial charge on any atom is 0.156 e. The second-order valence-corrected chi connectivity index (χ2v) is 4.48. The van der Waals surface area contributed by atoms with Gasteiger partial charge in [0.25, 0.3) is 0 Å². The molecule has 0 unspecified atom stereocenters. The summed E-state index contributed by atoms with van der Waals surface area (Å²) in [6.45, 7) is 6.36. The monoisotopic (exact) mass is 202 g/mol. The molecule has 2 rings (SSSR count). The predicted octanol–water partition coefficient (Wildman–Crippen LogP) is 1.96. The smallest absolute Gasteiger partial charge is 0.156 e. The van der Waals surface area contributed by atoms with Gasteiger partial charge < -0.3 is 0 Å². The largest absolute Gasteiger partial charge is 0.289 e. The van der Waals surface area contributed by atoms with E-state index in [4.69, 9.17) is 0 Å². The molecule has 0 saturated heterocycles. The highest BCUT2D eigenvalue weighted by Gasteiger charge is 2.16. The Morgan fingerprint density at radius 1 is 1.13 bits per heavy atom. The highest BCUT2D eigenvalue weighted by molar-refractivity contribution is 5.22. The molecule has 2 aromatic heterocycles. The molecule has 0 aliphatic heterocycles. The van der Waals surface area contributed by atoms with Crippen molar-refractivity contribution in [2.75, 3.05) is 0 Å². The molecule has 0 spiro atoms. The van der Waals surface area contributed by atoms with E-state index < -0.39 is 0 Å². The zero-order chi connectivity index (χ0) is 10.9. The highest BCUT2D eigenvalue weighted by atomic mass is 15.1. The second-order valence-electron chi connectivity index (χ2n) is 4.48. The van der Waals surface area contributed by atoms with Crippen molar-refractivity contribution >= 4 is 0 Å². The quantitative estimate of drug-likeness (QED) is 0.710. The van der Waals surface area contributed by atoms with Crippen molar-refractivity contribution < 1.29 is 0 Å². The van der Waals surface area contributed by atoms with E-state index in [1.165, 1.54) is 0 Å². The van der Waals surface area contributed by atoms with Crippen LogP contribution in [0.15, 0.2) is 31.1 Å². The summed E-state index contributed by atoms with van der Waals surface area (Å²) in [6.07, 6.45) is 8.84. The van der Waals surface area contributed by atoms with E-state index in [1.54, 1.807) is 24.9 Å². The lowest BCUT2D eigenvalue weighted by atomic mass is 9.93. The number of rotatable bonds is 1. The lowest BCUT2D eigenvalue weighted by molar-refractivity contribution is 0.563. The topological polar surface area (TPSA) is 43.6 Å². The standard InChI is InChI=1S/C11H14N4/c1-11(2,3)9-6-13-7-10(14-9)15-5-4-12-8-15/h4-8H,1-3H3. The Bertz CT molecular complexity index is 440. The number of nitrogens with zero attached hydrogens (tertiary/aromatic N) is 4. The van der Waals surface area contributed by atoms with Crippen molar-refractivity contribution in [3.63, 3.8) is 0 Å². The van der Waals surface area contributed by atoms with Gasteiger partial charge in [-0.1, -0.05) is 20.8 Å². The molecule has 0 fully saturated rings. The first kappa shape index (κ1) is 9.83. The Morgan fingerprint density at radius 2 is 1.93 bits per heavy atom. The third-order valence-corrected chi connectivity index (χ3v) is 2.16. The van der Waals surface area contributed by atoms with E-state index >= 15 is 0 Å². The van der Waals surface area contributed by atoms with Gasteiger partial charge in [0.05, 0.1) is 11.9 Å². The molecule has 0 amide bonds. The van der Waals surface area contributed by atoms with Gasteiger partial charge in [0.2, 0.25) is 0 Å². The summed E-state index contributed by atoms with van der Waals surface area (Å²) in [4.78, 5) is 12.7. The number of hydrogen-bond donors (Lipinski definition) is 0. The molecular weight excluding hydrogens is 188 g/mol. The molecule has 4 heteroatoms. The Labute approximate surface area is 89.0 Å². The van der Waals surface area contributed by atoms with Crippen LogP contribution in [0.3, 0.4) is 0 Å². The molecule has 0 aliphatic carbocycles. The van der Waals surface area contributed by atoms with E-state index in [9.17, 15) is 0 Å². The van der Waals surface area contributed by atoms with Gasteiger partial charge >= 0.3 is 0 Å². The average Bonchev–Trinajstić information content (AvgIpc) is 2.69. The molecule has 0 radical (unpaired) electrons. The van der Waals surface area contributed by atoms with Crippen molar-refractivity contribution in [2.45, 2.75) is 26.2 Å². The maximum atomic E-state index is 4.55. The first-order chi connectivity index (χ1) is 7.07. The third kappa shape index (κ3) is 2.03. The molecule has 0 N–H and O–H groups in total. The van der Waals surface area contributed by atoms with Crippen molar-refractivity contribution in [1.82, 2.24) is 19.5 Å². The van der Waals surface area contributed by atoms with Crippen molar-refractivity contribution in [3.8, 4) is 5.82 Å². The Hall–Kier alpha value is -1.71. The molecule has 2 heterocycles. The molecule has 2 aromatic rings. The van der Waals surface area contributed by atoms with Gasteiger partial charge in [-0.2, -0.15) is 0 Å². The minimum absolute atomic E-state index is 0.0175. The zero-order valence-electron chi connectivity index (χ0n) is 9.18. The van der Waals surface area contributed by atoms with E-state index in [0.29, 0.717) is 0 Å². The zero-order valence-corrected chi connectivity index (χ0v) is 9.18. The van der Waals surface area contributed by atoms with E-state index in [1.807, 2.05) is 10.8 Å². The maximum absolute atomic E-state index is 4.55.